The number of nitrogens with zero attached hydrogens (tertiary/aromatic N) is 1. The molecule has 1 aliphatic heterocycles. The van der Waals surface area contributed by atoms with E-state index in [1.807, 2.05) is 0 Å². The van der Waals surface area contributed by atoms with E-state index in [0.29, 0.717) is 31.1 Å². The van der Waals surface area contributed by atoms with Crippen molar-refractivity contribution in [3.8, 4) is 0 Å². The minimum atomic E-state index is 0.281. The van der Waals surface area contributed by atoms with Crippen molar-refractivity contribution in [3.63, 3.8) is 0 Å². The van der Waals surface area contributed by atoms with Gasteiger partial charge in [0.05, 0.1) is 6.61 Å². The number of nitrogens with one attached hydrogen (secondary N) is 1. The van der Waals surface area contributed by atoms with Crippen LogP contribution in [0.1, 0.15) is 37.7 Å². The van der Waals surface area contributed by atoms with Crippen molar-refractivity contribution >= 4 is 17.2 Å². The van der Waals surface area contributed by atoms with Crippen molar-refractivity contribution in [2.45, 2.75) is 44.7 Å². The number of hydrogen-bond acceptors (Lipinski definition) is 4. The summed E-state index contributed by atoms with van der Waals surface area (Å²) in [5, 5.41) is 7.69. The summed E-state index contributed by atoms with van der Waals surface area (Å²) in [5.41, 5.74) is 1.64. The molecule has 1 amide bonds. The number of piperidine rings is 1. The van der Waals surface area contributed by atoms with Crippen LogP contribution >= 0.6 is 11.3 Å². The highest BCUT2D eigenvalue weighted by atomic mass is 32.1. The Morgan fingerprint density at radius 3 is 3.04 bits per heavy atom. The molecule has 1 spiro atoms. The summed E-state index contributed by atoms with van der Waals surface area (Å²) in [5.74, 6) is 0.281. The van der Waals surface area contributed by atoms with E-state index in [2.05, 4.69) is 33.6 Å². The third-order valence-corrected chi connectivity index (χ3v) is 6.02. The van der Waals surface area contributed by atoms with Gasteiger partial charge in [-0.1, -0.05) is 6.08 Å². The van der Waals surface area contributed by atoms with Gasteiger partial charge in [-0.25, -0.2) is 0 Å². The Kier molecular flexibility index (Phi) is 6.09. The molecule has 2 aliphatic rings. The molecule has 4 nitrogen and oxygen atoms in total. The van der Waals surface area contributed by atoms with E-state index < -0.39 is 0 Å². The molecule has 1 saturated heterocycles. The van der Waals surface area contributed by atoms with E-state index >= 15 is 0 Å². The van der Waals surface area contributed by atoms with Gasteiger partial charge in [-0.05, 0) is 66.6 Å². The molecule has 1 aromatic heterocycles. The zero-order valence-corrected chi connectivity index (χ0v) is 15.2. The summed E-state index contributed by atoms with van der Waals surface area (Å²) in [6.45, 7) is 7.77. The Balaban J connectivity index is 1.57. The third-order valence-electron chi connectivity index (χ3n) is 5.29. The fourth-order valence-corrected chi connectivity index (χ4v) is 4.48. The number of carbonyl (C=O) groups is 1. The normalized spacial score (nSPS) is 21.6. The molecule has 0 bridgehead atoms. The SMILES string of the molecule is C=CCOCCCC(=O)N(Cc1ccsc1)C1CC12CCNCC2. The molecule has 1 N–H and O–H groups in total. The van der Waals surface area contributed by atoms with E-state index in [9.17, 15) is 4.79 Å². The Labute approximate surface area is 148 Å². The topological polar surface area (TPSA) is 41.6 Å². The zero-order valence-electron chi connectivity index (χ0n) is 14.3. The first-order valence-corrected chi connectivity index (χ1v) is 9.89. The summed E-state index contributed by atoms with van der Waals surface area (Å²) in [6, 6.07) is 2.57. The summed E-state index contributed by atoms with van der Waals surface area (Å²) < 4.78 is 5.41. The van der Waals surface area contributed by atoms with E-state index in [1.165, 1.54) is 24.8 Å². The molecule has 2 fully saturated rings. The van der Waals surface area contributed by atoms with Gasteiger partial charge in [0, 0.05) is 25.6 Å². The molecule has 0 aromatic carbocycles. The second kappa shape index (κ2) is 8.28. The summed E-state index contributed by atoms with van der Waals surface area (Å²) in [4.78, 5) is 15.0. The summed E-state index contributed by atoms with van der Waals surface area (Å²) in [7, 11) is 0. The fourth-order valence-electron chi connectivity index (χ4n) is 3.82. The Bertz CT molecular complexity index is 538. The number of rotatable bonds is 9. The Morgan fingerprint density at radius 1 is 1.50 bits per heavy atom. The maximum absolute atomic E-state index is 12.8. The predicted molar refractivity (Wildman–Crippen MR) is 98.1 cm³/mol. The first kappa shape index (κ1) is 17.6. The molecule has 1 saturated carbocycles. The lowest BCUT2D eigenvalue weighted by Gasteiger charge is -2.29. The van der Waals surface area contributed by atoms with Gasteiger partial charge in [-0.3, -0.25) is 4.79 Å². The number of thiophene rings is 1. The number of amides is 1. The number of carbonyl (C=O) groups excluding carboxylic acids is 1. The molecular formula is C19H28N2O2S. The fraction of sp³-hybridized carbons (Fsp3) is 0.632. The highest BCUT2D eigenvalue weighted by Gasteiger charge is 2.57. The Morgan fingerprint density at radius 2 is 2.33 bits per heavy atom. The maximum atomic E-state index is 12.8. The van der Waals surface area contributed by atoms with E-state index in [-0.39, 0.29) is 5.91 Å². The van der Waals surface area contributed by atoms with Gasteiger partial charge in [0.2, 0.25) is 5.91 Å². The quantitative estimate of drug-likeness (QED) is 0.550. The minimum absolute atomic E-state index is 0.281. The predicted octanol–water partition coefficient (Wildman–Crippen LogP) is 3.20. The molecule has 1 atom stereocenters. The molecule has 2 heterocycles. The van der Waals surface area contributed by atoms with E-state index in [4.69, 9.17) is 4.74 Å². The molecule has 1 aromatic rings. The maximum Gasteiger partial charge on any atom is 0.223 e. The first-order valence-electron chi connectivity index (χ1n) is 8.95. The molecule has 5 heteroatoms. The van der Waals surface area contributed by atoms with Crippen LogP contribution in [-0.2, 0) is 16.1 Å². The van der Waals surface area contributed by atoms with Crippen molar-refractivity contribution in [3.05, 3.63) is 35.0 Å². The lowest BCUT2D eigenvalue weighted by atomic mass is 9.93. The van der Waals surface area contributed by atoms with Crippen LogP contribution in [0.3, 0.4) is 0 Å². The van der Waals surface area contributed by atoms with Gasteiger partial charge in [-0.15, -0.1) is 6.58 Å². The van der Waals surface area contributed by atoms with E-state index in [0.717, 1.165) is 26.1 Å². The van der Waals surface area contributed by atoms with Crippen molar-refractivity contribution in [1.29, 1.82) is 0 Å². The second-order valence-corrected chi connectivity index (χ2v) is 7.73. The van der Waals surface area contributed by atoms with Crippen LogP contribution in [0.25, 0.3) is 0 Å². The third kappa shape index (κ3) is 4.26. The molecule has 1 aliphatic carbocycles. The summed E-state index contributed by atoms with van der Waals surface area (Å²) >= 11 is 1.70. The van der Waals surface area contributed by atoms with Crippen molar-refractivity contribution in [2.75, 3.05) is 26.3 Å². The largest absolute Gasteiger partial charge is 0.377 e. The van der Waals surface area contributed by atoms with Gasteiger partial charge in [0.25, 0.3) is 0 Å². The van der Waals surface area contributed by atoms with Crippen LogP contribution in [-0.4, -0.2) is 43.2 Å². The smallest absolute Gasteiger partial charge is 0.223 e. The van der Waals surface area contributed by atoms with Crippen LogP contribution in [0, 0.1) is 5.41 Å². The molecule has 1 unspecified atom stereocenters. The standard InChI is InChI=1S/C19H28N2O2S/c1-2-10-23-11-3-4-18(22)21(14-16-5-12-24-15-16)17-13-19(17)6-8-20-9-7-19/h2,5,12,15,17,20H,1,3-4,6-11,13-14H2. The highest BCUT2D eigenvalue weighted by molar-refractivity contribution is 7.07. The van der Waals surface area contributed by atoms with Crippen LogP contribution < -0.4 is 5.32 Å². The van der Waals surface area contributed by atoms with Crippen molar-refractivity contribution in [2.24, 2.45) is 5.41 Å². The van der Waals surface area contributed by atoms with Crippen LogP contribution in [0.4, 0.5) is 0 Å². The lowest BCUT2D eigenvalue weighted by Crippen LogP contribution is -2.39. The Hall–Kier alpha value is -1.17. The molecule has 3 rings (SSSR count). The van der Waals surface area contributed by atoms with Gasteiger partial charge in [0.1, 0.15) is 0 Å². The molecule has 0 radical (unpaired) electrons. The number of ether oxygens (including phenoxy) is 1. The highest BCUT2D eigenvalue weighted by Crippen LogP contribution is 2.56. The summed E-state index contributed by atoms with van der Waals surface area (Å²) in [6.07, 6.45) is 6.69. The zero-order chi connectivity index (χ0) is 16.8. The van der Waals surface area contributed by atoms with Crippen LogP contribution in [0.15, 0.2) is 29.5 Å². The van der Waals surface area contributed by atoms with E-state index in [1.54, 1.807) is 17.4 Å². The lowest BCUT2D eigenvalue weighted by molar-refractivity contribution is -0.133. The average Bonchev–Trinajstić information content (AvgIpc) is 3.03. The van der Waals surface area contributed by atoms with Crippen LogP contribution in [0.5, 0.6) is 0 Å². The van der Waals surface area contributed by atoms with Gasteiger partial charge in [-0.2, -0.15) is 11.3 Å². The van der Waals surface area contributed by atoms with Gasteiger partial charge < -0.3 is 15.0 Å². The monoisotopic (exact) mass is 348 g/mol. The van der Waals surface area contributed by atoms with Gasteiger partial charge in [0.15, 0.2) is 0 Å². The van der Waals surface area contributed by atoms with Crippen molar-refractivity contribution in [1.82, 2.24) is 10.2 Å². The second-order valence-electron chi connectivity index (χ2n) is 6.95. The van der Waals surface area contributed by atoms with Crippen molar-refractivity contribution < 1.29 is 9.53 Å². The average molecular weight is 349 g/mol. The van der Waals surface area contributed by atoms with Gasteiger partial charge >= 0.3 is 0 Å². The first-order chi connectivity index (χ1) is 11.7. The molecule has 24 heavy (non-hydrogen) atoms. The molecule has 132 valence electrons. The van der Waals surface area contributed by atoms with Crippen LogP contribution in [0.2, 0.25) is 0 Å². The minimum Gasteiger partial charge on any atom is -0.377 e. The number of hydrogen-bond donors (Lipinski definition) is 1. The molecular weight excluding hydrogens is 320 g/mol.